The molecular weight excluding hydrogens is 521 g/mol. The molecule has 1 fully saturated rings. The fourth-order valence-electron chi connectivity index (χ4n) is 4.48. The van der Waals surface area contributed by atoms with Gasteiger partial charge < -0.3 is 27.9 Å². The molecule has 0 radical (unpaired) electrons. The maximum atomic E-state index is 12.5. The summed E-state index contributed by atoms with van der Waals surface area (Å²) in [5.41, 5.74) is 0. The normalized spacial score (nSPS) is 25.3. The molecule has 0 aliphatic carbocycles. The lowest BCUT2D eigenvalue weighted by Gasteiger charge is -2.49. The number of unbranched alkanes of at least 4 members (excludes halogenated alkanes) is 8. The van der Waals surface area contributed by atoms with Gasteiger partial charge in [-0.1, -0.05) is 58.3 Å². The van der Waals surface area contributed by atoms with E-state index in [0.29, 0.717) is 6.42 Å². The van der Waals surface area contributed by atoms with Crippen LogP contribution in [0.5, 0.6) is 0 Å². The van der Waals surface area contributed by atoms with Crippen LogP contribution in [0.2, 0.25) is 58.9 Å². The van der Waals surface area contributed by atoms with Crippen molar-refractivity contribution in [2.24, 2.45) is 0 Å². The highest BCUT2D eigenvalue weighted by Crippen LogP contribution is 2.33. The van der Waals surface area contributed by atoms with Gasteiger partial charge in [-0.3, -0.25) is 4.79 Å². The second kappa shape index (κ2) is 16.2. The maximum Gasteiger partial charge on any atom is 0.305 e. The molecule has 0 saturated carbocycles. The average molecular weight is 579 g/mol. The molecule has 1 aliphatic rings. The van der Waals surface area contributed by atoms with E-state index < -0.39 is 55.7 Å². The first-order chi connectivity index (χ1) is 17.0. The van der Waals surface area contributed by atoms with Gasteiger partial charge in [0, 0.05) is 6.42 Å². The van der Waals surface area contributed by atoms with Gasteiger partial charge in [-0.05, 0) is 65.3 Å². The third kappa shape index (κ3) is 15.9. The van der Waals surface area contributed by atoms with E-state index in [2.05, 4.69) is 65.8 Å². The van der Waals surface area contributed by atoms with Crippen LogP contribution in [0.1, 0.15) is 71.1 Å². The minimum absolute atomic E-state index is 0.0354. The van der Waals surface area contributed by atoms with E-state index in [1.165, 1.54) is 38.5 Å². The molecule has 0 spiro atoms. The molecule has 7 nitrogen and oxygen atoms in total. The first-order valence-corrected chi connectivity index (χ1v) is 24.8. The molecule has 0 aromatic carbocycles. The first kappa shape index (κ1) is 34.9. The molecule has 1 N–H and O–H groups in total. The fraction of sp³-hybridized carbons (Fsp3) is 0.963. The Hall–Kier alpha value is -0.0794. The number of hydrogen-bond donors (Lipinski definition) is 1. The van der Waals surface area contributed by atoms with Crippen molar-refractivity contribution >= 4 is 30.9 Å². The summed E-state index contributed by atoms with van der Waals surface area (Å²) in [6.07, 6.45) is 7.82. The Labute approximate surface area is 230 Å². The van der Waals surface area contributed by atoms with Gasteiger partial charge in [-0.15, -0.1) is 0 Å². The number of aliphatic hydroxyl groups is 1. The number of ether oxygens (including phenoxy) is 2. The predicted octanol–water partition coefficient (Wildman–Crippen LogP) is 6.83. The highest BCUT2D eigenvalue weighted by atomic mass is 28.4. The van der Waals surface area contributed by atoms with Crippen LogP contribution < -0.4 is 0 Å². The second-order valence-corrected chi connectivity index (χ2v) is 26.8. The molecule has 1 aliphatic heterocycles. The van der Waals surface area contributed by atoms with Gasteiger partial charge in [0.1, 0.15) is 31.0 Å². The van der Waals surface area contributed by atoms with Crippen molar-refractivity contribution in [3.05, 3.63) is 0 Å². The van der Waals surface area contributed by atoms with Crippen molar-refractivity contribution < 1.29 is 32.7 Å². The summed E-state index contributed by atoms with van der Waals surface area (Å²) in [5.74, 6) is -0.226. The van der Waals surface area contributed by atoms with E-state index >= 15 is 0 Å². The van der Waals surface area contributed by atoms with Crippen molar-refractivity contribution in [2.45, 2.75) is 161 Å². The van der Waals surface area contributed by atoms with Crippen LogP contribution in [0.15, 0.2) is 0 Å². The molecule has 220 valence electrons. The summed E-state index contributed by atoms with van der Waals surface area (Å²) in [6.45, 7) is 21.2. The minimum Gasteiger partial charge on any atom is -0.463 e. The first-order valence-electron chi connectivity index (χ1n) is 14.5. The fourth-order valence-corrected chi connectivity index (χ4v) is 7.74. The number of carbonyl (C=O) groups is 1. The number of hydrogen-bond acceptors (Lipinski definition) is 7. The average Bonchev–Trinajstić information content (AvgIpc) is 2.73. The van der Waals surface area contributed by atoms with Crippen molar-refractivity contribution in [3.8, 4) is 0 Å². The standard InChI is InChI=1S/C27H58O7Si3/c1-11-12-13-14-15-16-17-18-19-20-23(28)30-21-22-24(32-35(2,3)4)25(33-36(5,6)7)26(27(29)31-22)34-37(8,9)10/h22,24-27,29H,11-21H2,1-10H3/t22-,24-,25+,26-,27+/m1/s1. The maximum absolute atomic E-state index is 12.5. The van der Waals surface area contributed by atoms with E-state index in [4.69, 9.17) is 22.8 Å². The molecule has 5 atom stereocenters. The van der Waals surface area contributed by atoms with Crippen LogP contribution in [0.25, 0.3) is 0 Å². The lowest BCUT2D eigenvalue weighted by Crippen LogP contribution is -2.65. The van der Waals surface area contributed by atoms with Crippen molar-refractivity contribution in [2.75, 3.05) is 6.61 Å². The lowest BCUT2D eigenvalue weighted by molar-refractivity contribution is -0.277. The zero-order chi connectivity index (χ0) is 28.3. The Morgan fingerprint density at radius 3 is 1.59 bits per heavy atom. The lowest BCUT2D eigenvalue weighted by atomic mass is 9.99. The summed E-state index contributed by atoms with van der Waals surface area (Å²) in [4.78, 5) is 12.5. The zero-order valence-electron chi connectivity index (χ0n) is 25.6. The monoisotopic (exact) mass is 578 g/mol. The Morgan fingerprint density at radius 2 is 1.11 bits per heavy atom. The van der Waals surface area contributed by atoms with Gasteiger partial charge in [0.15, 0.2) is 31.2 Å². The van der Waals surface area contributed by atoms with Crippen LogP contribution in [0.3, 0.4) is 0 Å². The van der Waals surface area contributed by atoms with Crippen LogP contribution in [-0.2, 0) is 27.5 Å². The summed E-state index contributed by atoms with van der Waals surface area (Å²) in [5, 5.41) is 11.0. The molecule has 1 rings (SSSR count). The smallest absolute Gasteiger partial charge is 0.305 e. The highest BCUT2D eigenvalue weighted by molar-refractivity contribution is 6.70. The molecule has 1 heterocycles. The van der Waals surface area contributed by atoms with E-state index in [1.54, 1.807) is 0 Å². The third-order valence-electron chi connectivity index (χ3n) is 5.97. The molecule has 37 heavy (non-hydrogen) atoms. The van der Waals surface area contributed by atoms with Crippen LogP contribution >= 0.6 is 0 Å². The van der Waals surface area contributed by atoms with Crippen LogP contribution in [0, 0.1) is 0 Å². The Morgan fingerprint density at radius 1 is 0.676 bits per heavy atom. The molecule has 1 saturated heterocycles. The number of rotatable bonds is 18. The van der Waals surface area contributed by atoms with Gasteiger partial charge in [0.05, 0.1) is 0 Å². The topological polar surface area (TPSA) is 83.5 Å². The van der Waals surface area contributed by atoms with Gasteiger partial charge in [-0.2, -0.15) is 0 Å². The summed E-state index contributed by atoms with van der Waals surface area (Å²) in [7, 11) is -6.07. The Kier molecular flexibility index (Phi) is 15.3. The van der Waals surface area contributed by atoms with E-state index in [-0.39, 0.29) is 12.6 Å². The van der Waals surface area contributed by atoms with E-state index in [1.807, 2.05) is 0 Å². The second-order valence-electron chi connectivity index (χ2n) is 13.4. The van der Waals surface area contributed by atoms with Crippen LogP contribution in [-0.4, -0.2) is 73.3 Å². The minimum atomic E-state index is -2.03. The highest BCUT2D eigenvalue weighted by Gasteiger charge is 2.51. The summed E-state index contributed by atoms with van der Waals surface area (Å²) in [6, 6.07) is 0. The Balaban J connectivity index is 2.75. The quantitative estimate of drug-likeness (QED) is 0.108. The predicted molar refractivity (Wildman–Crippen MR) is 158 cm³/mol. The van der Waals surface area contributed by atoms with Gasteiger partial charge in [0.25, 0.3) is 0 Å². The van der Waals surface area contributed by atoms with Crippen molar-refractivity contribution in [3.63, 3.8) is 0 Å². The van der Waals surface area contributed by atoms with Gasteiger partial charge >= 0.3 is 5.97 Å². The van der Waals surface area contributed by atoms with Crippen LogP contribution in [0.4, 0.5) is 0 Å². The summed E-state index contributed by atoms with van der Waals surface area (Å²) < 4.78 is 31.2. The van der Waals surface area contributed by atoms with Gasteiger partial charge in [-0.25, -0.2) is 0 Å². The zero-order valence-corrected chi connectivity index (χ0v) is 28.6. The van der Waals surface area contributed by atoms with E-state index in [9.17, 15) is 9.90 Å². The van der Waals surface area contributed by atoms with E-state index in [0.717, 1.165) is 19.3 Å². The SMILES string of the molecule is CCCCCCCCCCCC(=O)OC[C@H]1O[C@H](O)[C@H](O[Si](C)(C)C)[C@@H](O[Si](C)(C)C)[C@@H]1O[Si](C)(C)C. The van der Waals surface area contributed by atoms with Crippen molar-refractivity contribution in [1.82, 2.24) is 0 Å². The number of aliphatic hydroxyl groups excluding tert-OH is 1. The molecule has 0 bridgehead atoms. The molecule has 0 aromatic rings. The third-order valence-corrected chi connectivity index (χ3v) is 8.91. The molecule has 0 aromatic heterocycles. The molecule has 0 unspecified atom stereocenters. The number of carbonyl (C=O) groups excluding carboxylic acids is 1. The largest absolute Gasteiger partial charge is 0.463 e. The number of esters is 1. The molecular formula is C27H58O7Si3. The van der Waals surface area contributed by atoms with Gasteiger partial charge in [0.2, 0.25) is 0 Å². The molecule has 0 amide bonds. The van der Waals surface area contributed by atoms with Crippen molar-refractivity contribution in [1.29, 1.82) is 0 Å². The Bertz CT molecular complexity index is 643. The summed E-state index contributed by atoms with van der Waals surface area (Å²) >= 11 is 0. The molecule has 10 heteroatoms.